The van der Waals surface area contributed by atoms with Gasteiger partial charge in [-0.3, -0.25) is 0 Å². The maximum atomic E-state index is 10.5. The highest BCUT2D eigenvalue weighted by Crippen LogP contribution is 2.26. The summed E-state index contributed by atoms with van der Waals surface area (Å²) in [5.41, 5.74) is 0. The summed E-state index contributed by atoms with van der Waals surface area (Å²) in [5.74, 6) is -1.15. The molecule has 0 aliphatic rings. The van der Waals surface area contributed by atoms with Gasteiger partial charge in [-0.1, -0.05) is 0 Å². The van der Waals surface area contributed by atoms with E-state index in [2.05, 4.69) is 23.6 Å². The molecule has 0 aliphatic heterocycles. The molecule has 1 N–H and O–H groups in total. The Labute approximate surface area is 77.1 Å². The summed E-state index contributed by atoms with van der Waals surface area (Å²) in [6, 6.07) is 1.71. The molecule has 0 bridgehead atoms. The summed E-state index contributed by atoms with van der Waals surface area (Å²) in [6.07, 6.45) is 0.191. The quantitative estimate of drug-likeness (QED) is 0.710. The average Bonchev–Trinajstić information content (AvgIpc) is 2.00. The van der Waals surface area contributed by atoms with Gasteiger partial charge in [0.1, 0.15) is 6.07 Å². The molecule has 7 heteroatoms. The fourth-order valence-corrected chi connectivity index (χ4v) is 3.59. The topological polar surface area (TPSA) is 61.1 Å². The van der Waals surface area contributed by atoms with Crippen LogP contribution in [0.5, 0.6) is 0 Å². The first-order valence-corrected chi connectivity index (χ1v) is 6.99. The number of hydrogen-bond acceptors (Lipinski definition) is 4. The molecule has 58 valence electrons. The second-order valence-electron chi connectivity index (χ2n) is 1.75. The molecular formula is C4H5NO2P2S2+2. The number of carboxylic acids is 1. The van der Waals surface area contributed by atoms with E-state index in [0.29, 0.717) is 0 Å². The van der Waals surface area contributed by atoms with Gasteiger partial charge in [0.2, 0.25) is 0 Å². The molecule has 0 saturated carbocycles. The highest BCUT2D eigenvalue weighted by Gasteiger charge is 2.48. The maximum absolute atomic E-state index is 10.5. The Balaban J connectivity index is 4.78. The van der Waals surface area contributed by atoms with E-state index >= 15 is 0 Å². The van der Waals surface area contributed by atoms with Crippen LogP contribution in [0.3, 0.4) is 0 Å². The Morgan fingerprint density at radius 1 is 1.73 bits per heavy atom. The third-order valence-corrected chi connectivity index (χ3v) is 4.43. The van der Waals surface area contributed by atoms with Crippen molar-refractivity contribution in [3.05, 3.63) is 0 Å². The highest BCUT2D eigenvalue weighted by atomic mass is 32.4. The number of aliphatic carboxylic acids is 1. The molecule has 0 heterocycles. The smallest absolute Gasteiger partial charge is 0.375 e. The normalized spacial score (nSPS) is 15.5. The van der Waals surface area contributed by atoms with Crippen LogP contribution < -0.4 is 0 Å². The van der Waals surface area contributed by atoms with Gasteiger partial charge in [-0.05, 0) is 0 Å². The number of carbonyl (C=O) groups is 1. The van der Waals surface area contributed by atoms with Crippen molar-refractivity contribution in [3.8, 4) is 6.07 Å². The number of hydrogen-bond donors (Lipinski definition) is 1. The molecule has 0 aliphatic carbocycles. The highest BCUT2D eigenvalue weighted by molar-refractivity contribution is 7.99. The summed E-state index contributed by atoms with van der Waals surface area (Å²) < 4.78 is 0. The first kappa shape index (κ1) is 11.0. The lowest BCUT2D eigenvalue weighted by molar-refractivity contribution is -0.137. The van der Waals surface area contributed by atoms with Crippen LogP contribution in [0.4, 0.5) is 0 Å². The van der Waals surface area contributed by atoms with E-state index in [9.17, 15) is 4.79 Å². The lowest BCUT2D eigenvalue weighted by atomic mass is 10.2. The second-order valence-corrected chi connectivity index (χ2v) is 4.92. The predicted molar refractivity (Wildman–Crippen MR) is 52.2 cm³/mol. The van der Waals surface area contributed by atoms with Gasteiger partial charge in [0.15, 0.2) is 44.5 Å². The van der Waals surface area contributed by atoms with Gasteiger partial charge >= 0.3 is 11.1 Å². The van der Waals surface area contributed by atoms with E-state index in [4.69, 9.17) is 10.4 Å². The van der Waals surface area contributed by atoms with Gasteiger partial charge in [-0.15, -0.1) is 0 Å². The molecule has 0 amide bonds. The minimum atomic E-state index is -1.39. The van der Waals surface area contributed by atoms with E-state index in [-0.39, 0.29) is 20.9 Å². The van der Waals surface area contributed by atoms with Gasteiger partial charge in [0, 0.05) is 0 Å². The van der Waals surface area contributed by atoms with E-state index in [1.807, 2.05) is 0 Å². The standard InChI is InChI=1S/C4H3NO2P2S2/c5-1-4(9-11,2-8-10)3(6)7/h2H2,(H,6,7)/p+2. The summed E-state index contributed by atoms with van der Waals surface area (Å²) >= 11 is 9.23. The Morgan fingerprint density at radius 2 is 2.27 bits per heavy atom. The Bertz CT molecular complexity index is 239. The maximum Gasteiger partial charge on any atom is 0.375 e. The molecule has 0 aromatic carbocycles. The van der Waals surface area contributed by atoms with E-state index in [1.54, 1.807) is 6.07 Å². The molecule has 3 unspecified atom stereocenters. The monoisotopic (exact) mass is 225 g/mol. The molecule has 0 aromatic rings. The number of nitriles is 1. The third-order valence-electron chi connectivity index (χ3n) is 1.07. The van der Waals surface area contributed by atoms with Crippen molar-refractivity contribution in [3.63, 3.8) is 0 Å². The molecule has 0 spiro atoms. The van der Waals surface area contributed by atoms with E-state index < -0.39 is 11.1 Å². The van der Waals surface area contributed by atoms with Crippen molar-refractivity contribution >= 4 is 44.3 Å². The summed E-state index contributed by atoms with van der Waals surface area (Å²) in [6.45, 7) is 0. The van der Waals surface area contributed by atoms with Gasteiger partial charge in [0.05, 0.1) is 0 Å². The minimum Gasteiger partial charge on any atom is -0.477 e. The number of nitrogens with zero attached hydrogens (tertiary/aromatic N) is 1. The van der Waals surface area contributed by atoms with Crippen LogP contribution in [0.25, 0.3) is 0 Å². The zero-order valence-corrected chi connectivity index (χ0v) is 8.96. The molecule has 11 heavy (non-hydrogen) atoms. The van der Waals surface area contributed by atoms with Crippen molar-refractivity contribution in [2.24, 2.45) is 0 Å². The lowest BCUT2D eigenvalue weighted by Gasteiger charge is -1.99. The summed E-state index contributed by atoms with van der Waals surface area (Å²) in [5, 5.41) is 15.8. The van der Waals surface area contributed by atoms with Crippen LogP contribution in [0.2, 0.25) is 0 Å². The summed E-state index contributed by atoms with van der Waals surface area (Å²) in [7, 11) is -0.295. The molecule has 3 nitrogen and oxygen atoms in total. The lowest BCUT2D eigenvalue weighted by Crippen LogP contribution is -2.32. The van der Waals surface area contributed by atoms with Gasteiger partial charge < -0.3 is 5.11 Å². The third kappa shape index (κ3) is 2.50. The minimum absolute atomic E-state index is 0.0358. The molecule has 0 rings (SSSR count). The SMILES string of the molecule is N#CC(C[PH+]=S)([PH+]=S)C(=O)O. The van der Waals surface area contributed by atoms with Gasteiger partial charge in [-0.2, -0.15) is 5.26 Å². The first-order chi connectivity index (χ1) is 5.13. The van der Waals surface area contributed by atoms with Gasteiger partial charge in [0.25, 0.3) is 0 Å². The summed E-state index contributed by atoms with van der Waals surface area (Å²) in [4.78, 5) is 10.5. The van der Waals surface area contributed by atoms with Crippen molar-refractivity contribution in [1.82, 2.24) is 0 Å². The Hall–Kier alpha value is -0.000000000000000111. The zero-order valence-electron chi connectivity index (χ0n) is 5.33. The predicted octanol–water partition coefficient (Wildman–Crippen LogP) is 0.614. The van der Waals surface area contributed by atoms with Crippen LogP contribution in [-0.4, -0.2) is 22.4 Å². The van der Waals surface area contributed by atoms with Gasteiger partial charge in [-0.25, -0.2) is 4.79 Å². The number of carboxylic acid groups (broad SMARTS) is 1. The first-order valence-electron chi connectivity index (χ1n) is 2.52. The fraction of sp³-hybridized carbons (Fsp3) is 0.500. The van der Waals surface area contributed by atoms with E-state index in [1.165, 1.54) is 0 Å². The average molecular weight is 225 g/mol. The molecule has 0 aromatic heterocycles. The second kappa shape index (κ2) is 4.79. The van der Waals surface area contributed by atoms with Crippen molar-refractivity contribution < 1.29 is 9.90 Å². The molecule has 0 radical (unpaired) electrons. The molecule has 3 atom stereocenters. The van der Waals surface area contributed by atoms with Crippen LogP contribution in [0.1, 0.15) is 0 Å². The molecule has 0 fully saturated rings. The Kier molecular flexibility index (Phi) is 4.79. The van der Waals surface area contributed by atoms with Crippen molar-refractivity contribution in [2.45, 2.75) is 5.16 Å². The van der Waals surface area contributed by atoms with Crippen molar-refractivity contribution in [2.75, 3.05) is 6.16 Å². The van der Waals surface area contributed by atoms with E-state index in [0.717, 1.165) is 0 Å². The zero-order chi connectivity index (χ0) is 8.91. The molecular weight excluding hydrogens is 220 g/mol. The van der Waals surface area contributed by atoms with Crippen LogP contribution in [-0.2, 0) is 28.4 Å². The largest absolute Gasteiger partial charge is 0.477 e. The molecule has 0 saturated heterocycles. The number of rotatable bonds is 4. The fourth-order valence-electron chi connectivity index (χ4n) is 0.374. The van der Waals surface area contributed by atoms with Crippen LogP contribution >= 0.6 is 14.7 Å². The van der Waals surface area contributed by atoms with Crippen LogP contribution in [0.15, 0.2) is 0 Å². The van der Waals surface area contributed by atoms with Crippen LogP contribution in [0, 0.1) is 11.3 Å². The Morgan fingerprint density at radius 3 is 2.36 bits per heavy atom. The van der Waals surface area contributed by atoms with Crippen molar-refractivity contribution in [1.29, 1.82) is 5.26 Å².